The summed E-state index contributed by atoms with van der Waals surface area (Å²) in [5, 5.41) is 7.38. The molecule has 5 nitrogen and oxygen atoms in total. The maximum Gasteiger partial charge on any atom is 0.189 e. The van der Waals surface area contributed by atoms with E-state index < -0.39 is 0 Å². The van der Waals surface area contributed by atoms with Gasteiger partial charge >= 0.3 is 0 Å². The van der Waals surface area contributed by atoms with Gasteiger partial charge in [0.15, 0.2) is 5.96 Å². The first-order chi connectivity index (χ1) is 6.79. The van der Waals surface area contributed by atoms with Crippen LogP contribution in [0.5, 0.6) is 0 Å². The van der Waals surface area contributed by atoms with Crippen LogP contribution in [0.25, 0.3) is 0 Å². The third-order valence-corrected chi connectivity index (χ3v) is 2.40. The van der Waals surface area contributed by atoms with E-state index in [9.17, 15) is 0 Å². The summed E-state index contributed by atoms with van der Waals surface area (Å²) in [6.07, 6.45) is 4.92. The molecular weight excluding hydrogens is 178 g/mol. The lowest BCUT2D eigenvalue weighted by Crippen LogP contribution is -2.38. The number of aromatic nitrogens is 2. The molecule has 0 aromatic carbocycles. The summed E-state index contributed by atoms with van der Waals surface area (Å²) >= 11 is 0. The van der Waals surface area contributed by atoms with Gasteiger partial charge in [-0.05, 0) is 13.3 Å². The normalized spacial score (nSPS) is 21.5. The van der Waals surface area contributed by atoms with E-state index in [4.69, 9.17) is 5.73 Å². The third-order valence-electron chi connectivity index (χ3n) is 2.40. The molecule has 0 saturated heterocycles. The van der Waals surface area contributed by atoms with Gasteiger partial charge in [0.2, 0.25) is 0 Å². The molecule has 2 heterocycles. The number of nitrogens with one attached hydrogen (secondary N) is 1. The second kappa shape index (κ2) is 3.69. The minimum atomic E-state index is 0.271. The number of aryl methyl sites for hydroxylation is 1. The first-order valence-electron chi connectivity index (χ1n) is 4.88. The molecule has 0 radical (unpaired) electrons. The van der Waals surface area contributed by atoms with Crippen LogP contribution in [0.15, 0.2) is 17.4 Å². The number of rotatable bonds is 2. The fourth-order valence-electron chi connectivity index (χ4n) is 1.59. The van der Waals surface area contributed by atoms with Gasteiger partial charge in [-0.15, -0.1) is 0 Å². The maximum atomic E-state index is 5.61. The molecule has 0 spiro atoms. The molecule has 0 amide bonds. The Morgan fingerprint density at radius 1 is 1.71 bits per heavy atom. The lowest BCUT2D eigenvalue weighted by molar-refractivity contribution is 0.567. The molecule has 0 aliphatic carbocycles. The highest BCUT2D eigenvalue weighted by molar-refractivity contribution is 5.78. The van der Waals surface area contributed by atoms with Crippen molar-refractivity contribution >= 4 is 5.96 Å². The molecule has 1 aromatic rings. The van der Waals surface area contributed by atoms with E-state index in [1.165, 1.54) is 5.56 Å². The summed E-state index contributed by atoms with van der Waals surface area (Å²) in [7, 11) is 0. The Balaban J connectivity index is 2.11. The first-order valence-corrected chi connectivity index (χ1v) is 4.88. The molecule has 14 heavy (non-hydrogen) atoms. The maximum absolute atomic E-state index is 5.61. The van der Waals surface area contributed by atoms with Gasteiger partial charge in [0.25, 0.3) is 0 Å². The van der Waals surface area contributed by atoms with Crippen molar-refractivity contribution in [3.8, 4) is 0 Å². The average molecular weight is 193 g/mol. The predicted octanol–water partition coefficient (Wildman–Crippen LogP) is 0.252. The van der Waals surface area contributed by atoms with Gasteiger partial charge in [-0.3, -0.25) is 9.67 Å². The van der Waals surface area contributed by atoms with Crippen LogP contribution in [0.1, 0.15) is 24.9 Å². The molecule has 1 aromatic heterocycles. The van der Waals surface area contributed by atoms with Crippen LogP contribution in [0.3, 0.4) is 0 Å². The van der Waals surface area contributed by atoms with Gasteiger partial charge in [0.1, 0.15) is 0 Å². The van der Waals surface area contributed by atoms with E-state index in [1.807, 2.05) is 10.9 Å². The average Bonchev–Trinajstić information content (AvgIpc) is 2.66. The highest BCUT2D eigenvalue weighted by Gasteiger charge is 2.16. The molecule has 1 atom stereocenters. The van der Waals surface area contributed by atoms with Gasteiger partial charge in [-0.1, -0.05) is 0 Å². The van der Waals surface area contributed by atoms with Crippen molar-refractivity contribution in [2.45, 2.75) is 25.9 Å². The summed E-state index contributed by atoms with van der Waals surface area (Å²) in [6.45, 7) is 3.76. The standard InChI is InChI=1S/C9H15N5/c1-2-14-6-7(5-12-14)8-3-4-11-9(10)13-8/h5-6,8H,2-4H2,1H3,(H3,10,11,13). The SMILES string of the molecule is CCn1cc(C2CCN=C(N)N2)cn1. The van der Waals surface area contributed by atoms with Crippen LogP contribution >= 0.6 is 0 Å². The second-order valence-corrected chi connectivity index (χ2v) is 3.38. The van der Waals surface area contributed by atoms with Crippen molar-refractivity contribution in [1.29, 1.82) is 0 Å². The zero-order chi connectivity index (χ0) is 9.97. The van der Waals surface area contributed by atoms with Crippen LogP contribution in [0, 0.1) is 0 Å². The predicted molar refractivity (Wildman–Crippen MR) is 54.9 cm³/mol. The third kappa shape index (κ3) is 1.71. The van der Waals surface area contributed by atoms with Crippen LogP contribution in [-0.2, 0) is 6.54 Å². The molecule has 5 heteroatoms. The molecule has 2 rings (SSSR count). The highest BCUT2D eigenvalue weighted by atomic mass is 15.3. The zero-order valence-electron chi connectivity index (χ0n) is 8.27. The summed E-state index contributed by atoms with van der Waals surface area (Å²) in [5.74, 6) is 0.533. The van der Waals surface area contributed by atoms with E-state index in [1.54, 1.807) is 0 Å². The minimum Gasteiger partial charge on any atom is -0.370 e. The molecule has 3 N–H and O–H groups in total. The highest BCUT2D eigenvalue weighted by Crippen LogP contribution is 2.17. The smallest absolute Gasteiger partial charge is 0.189 e. The lowest BCUT2D eigenvalue weighted by atomic mass is 10.1. The van der Waals surface area contributed by atoms with E-state index in [0.717, 1.165) is 19.5 Å². The molecule has 76 valence electrons. The van der Waals surface area contributed by atoms with Gasteiger partial charge < -0.3 is 11.1 Å². The van der Waals surface area contributed by atoms with Crippen LogP contribution in [0.4, 0.5) is 0 Å². The Morgan fingerprint density at radius 2 is 2.57 bits per heavy atom. The van der Waals surface area contributed by atoms with Gasteiger partial charge in [0, 0.05) is 24.8 Å². The molecule has 0 fully saturated rings. The Bertz CT molecular complexity index is 341. The Hall–Kier alpha value is -1.52. The molecular formula is C9H15N5. The van der Waals surface area contributed by atoms with Crippen LogP contribution < -0.4 is 11.1 Å². The first kappa shape index (κ1) is 9.05. The fraction of sp³-hybridized carbons (Fsp3) is 0.556. The monoisotopic (exact) mass is 193 g/mol. The quantitative estimate of drug-likeness (QED) is 0.707. The number of hydrogen-bond donors (Lipinski definition) is 2. The summed E-state index contributed by atoms with van der Waals surface area (Å²) in [4.78, 5) is 4.09. The largest absolute Gasteiger partial charge is 0.370 e. The molecule has 1 unspecified atom stereocenters. The summed E-state index contributed by atoms with van der Waals surface area (Å²) in [5.41, 5.74) is 6.80. The number of nitrogens with zero attached hydrogens (tertiary/aromatic N) is 3. The van der Waals surface area contributed by atoms with E-state index >= 15 is 0 Å². The van der Waals surface area contributed by atoms with E-state index in [2.05, 4.69) is 28.5 Å². The minimum absolute atomic E-state index is 0.271. The molecule has 1 aliphatic heterocycles. The number of hydrogen-bond acceptors (Lipinski definition) is 4. The van der Waals surface area contributed by atoms with Crippen LogP contribution in [0.2, 0.25) is 0 Å². The van der Waals surface area contributed by atoms with Crippen molar-refractivity contribution in [1.82, 2.24) is 15.1 Å². The Kier molecular flexibility index (Phi) is 2.39. The van der Waals surface area contributed by atoms with Gasteiger partial charge in [-0.25, -0.2) is 0 Å². The summed E-state index contributed by atoms with van der Waals surface area (Å²) in [6, 6.07) is 0.271. The topological polar surface area (TPSA) is 68.2 Å². The lowest BCUT2D eigenvalue weighted by Gasteiger charge is -2.21. The summed E-state index contributed by atoms with van der Waals surface area (Å²) < 4.78 is 1.92. The van der Waals surface area contributed by atoms with Crippen molar-refractivity contribution in [3.63, 3.8) is 0 Å². The molecule has 1 aliphatic rings. The second-order valence-electron chi connectivity index (χ2n) is 3.38. The van der Waals surface area contributed by atoms with Crippen molar-refractivity contribution in [2.75, 3.05) is 6.54 Å². The fourth-order valence-corrected chi connectivity index (χ4v) is 1.59. The Morgan fingerprint density at radius 3 is 3.21 bits per heavy atom. The number of nitrogens with two attached hydrogens (primary N) is 1. The number of guanidine groups is 1. The van der Waals surface area contributed by atoms with Crippen molar-refractivity contribution in [2.24, 2.45) is 10.7 Å². The molecule has 0 saturated carbocycles. The molecule has 0 bridgehead atoms. The van der Waals surface area contributed by atoms with E-state index in [-0.39, 0.29) is 6.04 Å². The zero-order valence-corrected chi connectivity index (χ0v) is 8.27. The Labute approximate surface area is 83.0 Å². The van der Waals surface area contributed by atoms with E-state index in [0.29, 0.717) is 5.96 Å². The number of aliphatic imine (C=N–C) groups is 1. The van der Waals surface area contributed by atoms with Gasteiger partial charge in [0.05, 0.1) is 12.2 Å². The van der Waals surface area contributed by atoms with Crippen molar-refractivity contribution < 1.29 is 0 Å². The van der Waals surface area contributed by atoms with Gasteiger partial charge in [-0.2, -0.15) is 5.10 Å². The van der Waals surface area contributed by atoms with Crippen LogP contribution in [-0.4, -0.2) is 22.3 Å². The van der Waals surface area contributed by atoms with Crippen molar-refractivity contribution in [3.05, 3.63) is 18.0 Å².